The number of hydrogen-bond donors (Lipinski definition) is 2. The van der Waals surface area contributed by atoms with Gasteiger partial charge >= 0.3 is 5.69 Å². The summed E-state index contributed by atoms with van der Waals surface area (Å²) in [5, 5.41) is 28.8. The Kier molecular flexibility index (Phi) is 3.03. The largest absolute Gasteiger partial charge is 0.502 e. The minimum absolute atomic E-state index is 0.190. The molecule has 1 rings (SSSR count). The summed E-state index contributed by atoms with van der Waals surface area (Å²) in [5.41, 5.74) is 0.0200. The molecule has 5 heteroatoms. The van der Waals surface area contributed by atoms with Crippen LogP contribution in [0.1, 0.15) is 18.4 Å². The molecular weight excluding hydrogens is 186 g/mol. The van der Waals surface area contributed by atoms with Crippen molar-refractivity contribution >= 4 is 5.69 Å². The Hall–Kier alpha value is -1.62. The van der Waals surface area contributed by atoms with Gasteiger partial charge in [-0.2, -0.15) is 0 Å². The van der Waals surface area contributed by atoms with Gasteiger partial charge in [-0.05, 0) is 6.07 Å². The van der Waals surface area contributed by atoms with E-state index in [2.05, 4.69) is 0 Å². The van der Waals surface area contributed by atoms with Crippen molar-refractivity contribution in [3.63, 3.8) is 0 Å². The van der Waals surface area contributed by atoms with Crippen LogP contribution >= 0.6 is 0 Å². The van der Waals surface area contributed by atoms with Crippen LogP contribution in [0.5, 0.6) is 5.75 Å². The van der Waals surface area contributed by atoms with Gasteiger partial charge in [-0.1, -0.05) is 19.1 Å². The number of nitrogens with zero attached hydrogens (tertiary/aromatic N) is 1. The SMILES string of the molecule is CC(CO)c1cccc(O)c1[N+](=O)[O-]. The number of phenolic OH excluding ortho intramolecular Hbond substituents is 1. The highest BCUT2D eigenvalue weighted by atomic mass is 16.6. The number of nitro benzene ring substituents is 1. The average molecular weight is 197 g/mol. The Morgan fingerprint density at radius 2 is 2.21 bits per heavy atom. The van der Waals surface area contributed by atoms with Crippen molar-refractivity contribution in [1.82, 2.24) is 0 Å². The van der Waals surface area contributed by atoms with E-state index in [4.69, 9.17) is 5.11 Å². The Labute approximate surface area is 80.8 Å². The van der Waals surface area contributed by atoms with Gasteiger partial charge in [0.1, 0.15) is 0 Å². The smallest absolute Gasteiger partial charge is 0.314 e. The number of nitro groups is 1. The third-order valence-electron chi connectivity index (χ3n) is 2.03. The molecule has 0 spiro atoms. The number of phenols is 1. The number of aromatic hydroxyl groups is 1. The van der Waals surface area contributed by atoms with Crippen LogP contribution in [0.4, 0.5) is 5.69 Å². The van der Waals surface area contributed by atoms with E-state index >= 15 is 0 Å². The fourth-order valence-corrected chi connectivity index (χ4v) is 1.24. The maximum absolute atomic E-state index is 10.6. The molecule has 0 amide bonds. The maximum atomic E-state index is 10.6. The van der Waals surface area contributed by atoms with Gasteiger partial charge in [-0.25, -0.2) is 0 Å². The lowest BCUT2D eigenvalue weighted by atomic mass is 10.00. The molecular formula is C9H11NO4. The molecule has 0 heterocycles. The number of para-hydroxylation sites is 1. The summed E-state index contributed by atoms with van der Waals surface area (Å²) in [6.45, 7) is 1.46. The van der Waals surface area contributed by atoms with E-state index in [-0.39, 0.29) is 24.0 Å². The third kappa shape index (κ3) is 1.82. The van der Waals surface area contributed by atoms with Crippen molar-refractivity contribution in [3.8, 4) is 5.75 Å². The molecule has 0 aromatic heterocycles. The second-order valence-corrected chi connectivity index (χ2v) is 3.06. The fourth-order valence-electron chi connectivity index (χ4n) is 1.24. The maximum Gasteiger partial charge on any atom is 0.314 e. The van der Waals surface area contributed by atoms with E-state index in [0.717, 1.165) is 0 Å². The predicted molar refractivity (Wildman–Crippen MR) is 50.3 cm³/mol. The average Bonchev–Trinajstić information content (AvgIpc) is 2.15. The van der Waals surface area contributed by atoms with Crippen molar-refractivity contribution in [2.75, 3.05) is 6.61 Å². The summed E-state index contributed by atoms with van der Waals surface area (Å²) in [7, 11) is 0. The van der Waals surface area contributed by atoms with Crippen LogP contribution in [0, 0.1) is 10.1 Å². The zero-order chi connectivity index (χ0) is 10.7. The topological polar surface area (TPSA) is 83.6 Å². The fraction of sp³-hybridized carbons (Fsp3) is 0.333. The Morgan fingerprint density at radius 1 is 1.57 bits per heavy atom. The molecule has 0 radical (unpaired) electrons. The molecule has 1 aromatic rings. The van der Waals surface area contributed by atoms with Gasteiger partial charge in [-0.15, -0.1) is 0 Å². The Morgan fingerprint density at radius 3 is 2.71 bits per heavy atom. The van der Waals surface area contributed by atoms with Crippen LogP contribution in [0.2, 0.25) is 0 Å². The van der Waals surface area contributed by atoms with Crippen LogP contribution < -0.4 is 0 Å². The van der Waals surface area contributed by atoms with Gasteiger partial charge < -0.3 is 10.2 Å². The zero-order valence-corrected chi connectivity index (χ0v) is 7.67. The third-order valence-corrected chi connectivity index (χ3v) is 2.03. The lowest BCUT2D eigenvalue weighted by Gasteiger charge is -2.09. The molecule has 0 aliphatic carbocycles. The van der Waals surface area contributed by atoms with Crippen LogP contribution in [0.25, 0.3) is 0 Å². The predicted octanol–water partition coefficient (Wildman–Crippen LogP) is 1.40. The second-order valence-electron chi connectivity index (χ2n) is 3.06. The van der Waals surface area contributed by atoms with Crippen molar-refractivity contribution < 1.29 is 15.1 Å². The number of aliphatic hydroxyl groups excluding tert-OH is 1. The monoisotopic (exact) mass is 197 g/mol. The first-order valence-electron chi connectivity index (χ1n) is 4.15. The number of hydrogen-bond acceptors (Lipinski definition) is 4. The zero-order valence-electron chi connectivity index (χ0n) is 7.67. The second kappa shape index (κ2) is 4.06. The highest BCUT2D eigenvalue weighted by Crippen LogP contribution is 2.33. The lowest BCUT2D eigenvalue weighted by molar-refractivity contribution is -0.386. The molecule has 1 atom stereocenters. The van der Waals surface area contributed by atoms with Crippen LogP contribution in [0.15, 0.2) is 18.2 Å². The summed E-state index contributed by atoms with van der Waals surface area (Å²) in [5.74, 6) is -0.727. The molecule has 1 unspecified atom stereocenters. The van der Waals surface area contributed by atoms with Gasteiger partial charge in [0.05, 0.1) is 4.92 Å². The van der Waals surface area contributed by atoms with Gasteiger partial charge in [0.25, 0.3) is 0 Å². The first kappa shape index (κ1) is 10.5. The van der Waals surface area contributed by atoms with E-state index in [0.29, 0.717) is 5.56 Å². The number of rotatable bonds is 3. The van der Waals surface area contributed by atoms with Crippen LogP contribution in [-0.4, -0.2) is 21.7 Å². The first-order chi connectivity index (χ1) is 6.57. The quantitative estimate of drug-likeness (QED) is 0.566. The molecule has 0 aliphatic rings. The van der Waals surface area contributed by atoms with Crippen molar-refractivity contribution in [1.29, 1.82) is 0 Å². The summed E-state index contributed by atoms with van der Waals surface area (Å²) < 4.78 is 0. The molecule has 76 valence electrons. The van der Waals surface area contributed by atoms with Crippen LogP contribution in [-0.2, 0) is 0 Å². The molecule has 5 nitrogen and oxygen atoms in total. The molecule has 1 aromatic carbocycles. The van der Waals surface area contributed by atoms with Crippen molar-refractivity contribution in [2.24, 2.45) is 0 Å². The summed E-state index contributed by atoms with van der Waals surface area (Å²) in [6.07, 6.45) is 0. The Balaban J connectivity index is 3.28. The van der Waals surface area contributed by atoms with Crippen LogP contribution in [0.3, 0.4) is 0 Å². The number of benzene rings is 1. The summed E-state index contributed by atoms with van der Waals surface area (Å²) in [6, 6.07) is 4.30. The van der Waals surface area contributed by atoms with Gasteiger partial charge in [0.2, 0.25) is 0 Å². The minimum atomic E-state index is -0.642. The van der Waals surface area contributed by atoms with Gasteiger partial charge in [0.15, 0.2) is 5.75 Å². The molecule has 2 N–H and O–H groups in total. The highest BCUT2D eigenvalue weighted by molar-refractivity contribution is 5.53. The summed E-state index contributed by atoms with van der Waals surface area (Å²) in [4.78, 5) is 9.98. The van der Waals surface area contributed by atoms with E-state index in [1.807, 2.05) is 0 Å². The van der Waals surface area contributed by atoms with Crippen molar-refractivity contribution in [3.05, 3.63) is 33.9 Å². The van der Waals surface area contributed by atoms with Crippen molar-refractivity contribution in [2.45, 2.75) is 12.8 Å². The standard InChI is InChI=1S/C9H11NO4/c1-6(5-11)7-3-2-4-8(12)9(7)10(13)14/h2-4,6,11-12H,5H2,1H3. The van der Waals surface area contributed by atoms with E-state index in [1.54, 1.807) is 6.92 Å². The van der Waals surface area contributed by atoms with E-state index in [1.165, 1.54) is 18.2 Å². The molecule has 14 heavy (non-hydrogen) atoms. The first-order valence-corrected chi connectivity index (χ1v) is 4.15. The van der Waals surface area contributed by atoms with Gasteiger partial charge in [0, 0.05) is 18.1 Å². The molecule has 0 aliphatic heterocycles. The van der Waals surface area contributed by atoms with Gasteiger partial charge in [-0.3, -0.25) is 10.1 Å². The minimum Gasteiger partial charge on any atom is -0.502 e. The normalized spacial score (nSPS) is 12.4. The Bertz CT molecular complexity index is 351. The number of aliphatic hydroxyl groups is 1. The molecule has 0 saturated carbocycles. The van der Waals surface area contributed by atoms with E-state index in [9.17, 15) is 15.2 Å². The highest BCUT2D eigenvalue weighted by Gasteiger charge is 2.22. The molecule has 0 bridgehead atoms. The molecule has 0 saturated heterocycles. The van der Waals surface area contributed by atoms with E-state index < -0.39 is 4.92 Å². The lowest BCUT2D eigenvalue weighted by Crippen LogP contribution is -2.03. The summed E-state index contributed by atoms with van der Waals surface area (Å²) >= 11 is 0. The molecule has 0 fully saturated rings.